The summed E-state index contributed by atoms with van der Waals surface area (Å²) in [5, 5.41) is 2.87. The summed E-state index contributed by atoms with van der Waals surface area (Å²) < 4.78 is 13.3. The summed E-state index contributed by atoms with van der Waals surface area (Å²) >= 11 is 0. The third kappa shape index (κ3) is 4.86. The van der Waals surface area contributed by atoms with E-state index in [0.29, 0.717) is 18.8 Å². The summed E-state index contributed by atoms with van der Waals surface area (Å²) in [6.45, 7) is 9.31. The van der Waals surface area contributed by atoms with Gasteiger partial charge in [0.1, 0.15) is 17.6 Å². The van der Waals surface area contributed by atoms with Crippen LogP contribution in [0.25, 0.3) is 0 Å². The van der Waals surface area contributed by atoms with Crippen LogP contribution in [0, 0.1) is 17.2 Å². The normalized spacial score (nSPS) is 19.4. The molecule has 5 nitrogen and oxygen atoms in total. The zero-order valence-corrected chi connectivity index (χ0v) is 18.1. The molecule has 0 saturated carbocycles. The highest BCUT2D eigenvalue weighted by Gasteiger charge is 2.40. The lowest BCUT2D eigenvalue weighted by molar-refractivity contribution is -0.137. The number of piperidine rings is 1. The number of benzene rings is 1. The number of likely N-dealkylation sites (tertiary alicyclic amines) is 1. The Bertz CT molecular complexity index is 881. The van der Waals surface area contributed by atoms with E-state index in [1.165, 1.54) is 12.1 Å². The van der Waals surface area contributed by atoms with Crippen LogP contribution in [-0.2, 0) is 4.79 Å². The number of halogens is 1. The van der Waals surface area contributed by atoms with Crippen molar-refractivity contribution in [1.29, 1.82) is 0 Å². The number of aromatic nitrogens is 1. The summed E-state index contributed by atoms with van der Waals surface area (Å²) in [4.78, 5) is 31.8. The number of nitrogens with one attached hydrogen (secondary N) is 1. The van der Waals surface area contributed by atoms with Gasteiger partial charge < -0.3 is 10.2 Å². The molecule has 1 unspecified atom stereocenters. The van der Waals surface area contributed by atoms with Gasteiger partial charge in [0.05, 0.1) is 0 Å². The molecule has 1 N–H and O–H groups in total. The molecule has 2 heterocycles. The maximum absolute atomic E-state index is 13.3. The Balaban J connectivity index is 1.72. The van der Waals surface area contributed by atoms with Crippen molar-refractivity contribution < 1.29 is 14.0 Å². The van der Waals surface area contributed by atoms with Gasteiger partial charge in [-0.15, -0.1) is 0 Å². The number of amides is 2. The van der Waals surface area contributed by atoms with Crippen molar-refractivity contribution in [3.8, 4) is 0 Å². The van der Waals surface area contributed by atoms with Crippen LogP contribution in [0.2, 0.25) is 0 Å². The van der Waals surface area contributed by atoms with Gasteiger partial charge in [0, 0.05) is 19.3 Å². The molecule has 0 aliphatic carbocycles. The fourth-order valence-corrected chi connectivity index (χ4v) is 4.28. The van der Waals surface area contributed by atoms with Crippen molar-refractivity contribution in [2.45, 2.75) is 46.1 Å². The van der Waals surface area contributed by atoms with Gasteiger partial charge in [0.2, 0.25) is 5.91 Å². The average Bonchev–Trinajstić information content (AvgIpc) is 2.72. The van der Waals surface area contributed by atoms with Gasteiger partial charge in [-0.2, -0.15) is 0 Å². The molecule has 160 valence electrons. The molecule has 0 spiro atoms. The number of hydrogen-bond acceptors (Lipinski definition) is 3. The average molecular weight is 412 g/mol. The molecule has 2 atom stereocenters. The highest BCUT2D eigenvalue weighted by molar-refractivity contribution is 5.96. The third-order valence-electron chi connectivity index (χ3n) is 5.93. The number of rotatable bonds is 5. The van der Waals surface area contributed by atoms with Gasteiger partial charge in [-0.3, -0.25) is 14.6 Å². The second kappa shape index (κ2) is 8.94. The minimum absolute atomic E-state index is 0.0527. The van der Waals surface area contributed by atoms with Crippen molar-refractivity contribution >= 4 is 11.8 Å². The predicted octanol–water partition coefficient (Wildman–Crippen LogP) is 4.02. The zero-order chi connectivity index (χ0) is 21.9. The molecule has 3 rings (SSSR count). The maximum Gasteiger partial charge on any atom is 0.270 e. The number of carbonyl (C=O) groups excluding carboxylic acids is 2. The molecule has 6 heteroatoms. The van der Waals surface area contributed by atoms with Crippen LogP contribution in [0.4, 0.5) is 4.39 Å². The first kappa shape index (κ1) is 21.9. The zero-order valence-electron chi connectivity index (χ0n) is 18.1. The smallest absolute Gasteiger partial charge is 0.270 e. The van der Waals surface area contributed by atoms with Crippen molar-refractivity contribution in [3.63, 3.8) is 0 Å². The van der Waals surface area contributed by atoms with Gasteiger partial charge in [0.15, 0.2) is 0 Å². The van der Waals surface area contributed by atoms with E-state index in [2.05, 4.69) is 24.1 Å². The lowest BCUT2D eigenvalue weighted by Crippen LogP contribution is -2.56. The number of nitrogens with zero attached hydrogens (tertiary/aromatic N) is 2. The molecule has 1 aromatic carbocycles. The van der Waals surface area contributed by atoms with E-state index >= 15 is 0 Å². The summed E-state index contributed by atoms with van der Waals surface area (Å²) in [6.07, 6.45) is 2.35. The topological polar surface area (TPSA) is 62.3 Å². The summed E-state index contributed by atoms with van der Waals surface area (Å²) in [5.41, 5.74) is 1.22. The second-order valence-corrected chi connectivity index (χ2v) is 9.05. The summed E-state index contributed by atoms with van der Waals surface area (Å²) in [6, 6.07) is 11.2. The van der Waals surface area contributed by atoms with Crippen LogP contribution in [-0.4, -0.2) is 40.8 Å². The fraction of sp³-hybridized carbons (Fsp3) is 0.458. The standard InChI is InChI=1S/C24H30FN3O2/c1-16(2)21(27-22(29)20-7-5-6-13-26-20)23(30)28-14-12-19(24(3,4)15-28)17-8-10-18(25)11-9-17/h5-11,13,16,19,21H,12,14-15H2,1-4H3,(H,27,29)/t19?,21-/m1/s1. The molecule has 2 aromatic rings. The van der Waals surface area contributed by atoms with Crippen LogP contribution in [0.1, 0.15) is 56.1 Å². The van der Waals surface area contributed by atoms with Gasteiger partial charge in [-0.05, 0) is 53.5 Å². The van der Waals surface area contributed by atoms with Crippen LogP contribution in [0.15, 0.2) is 48.7 Å². The highest BCUT2D eigenvalue weighted by Crippen LogP contribution is 2.42. The first-order valence-electron chi connectivity index (χ1n) is 10.4. The molecule has 1 saturated heterocycles. The fourth-order valence-electron chi connectivity index (χ4n) is 4.28. The number of carbonyl (C=O) groups is 2. The largest absolute Gasteiger partial charge is 0.340 e. The first-order chi connectivity index (χ1) is 14.2. The van der Waals surface area contributed by atoms with Crippen LogP contribution < -0.4 is 5.32 Å². The molecule has 2 amide bonds. The van der Waals surface area contributed by atoms with Crippen molar-refractivity contribution in [1.82, 2.24) is 15.2 Å². The first-order valence-corrected chi connectivity index (χ1v) is 10.4. The van der Waals surface area contributed by atoms with Crippen molar-refractivity contribution in [2.24, 2.45) is 11.3 Å². The quantitative estimate of drug-likeness (QED) is 0.808. The number of hydrogen-bond donors (Lipinski definition) is 1. The van der Waals surface area contributed by atoms with Gasteiger partial charge in [-0.25, -0.2) is 4.39 Å². The molecule has 1 aliphatic rings. The van der Waals surface area contributed by atoms with E-state index < -0.39 is 6.04 Å². The maximum atomic E-state index is 13.3. The van der Waals surface area contributed by atoms with E-state index in [1.54, 1.807) is 24.4 Å². The molecule has 1 aliphatic heterocycles. The minimum atomic E-state index is -0.613. The van der Waals surface area contributed by atoms with Gasteiger partial charge >= 0.3 is 0 Å². The van der Waals surface area contributed by atoms with Crippen molar-refractivity contribution in [2.75, 3.05) is 13.1 Å². The Kier molecular flexibility index (Phi) is 6.54. The lowest BCUT2D eigenvalue weighted by Gasteiger charge is -2.45. The Labute approximate surface area is 177 Å². The van der Waals surface area contributed by atoms with Crippen LogP contribution >= 0.6 is 0 Å². The predicted molar refractivity (Wildman–Crippen MR) is 114 cm³/mol. The molecule has 1 fully saturated rings. The second-order valence-electron chi connectivity index (χ2n) is 9.05. The molecular formula is C24H30FN3O2. The summed E-state index contributed by atoms with van der Waals surface area (Å²) in [7, 11) is 0. The third-order valence-corrected chi connectivity index (χ3v) is 5.93. The Morgan fingerprint density at radius 3 is 2.43 bits per heavy atom. The highest BCUT2D eigenvalue weighted by atomic mass is 19.1. The summed E-state index contributed by atoms with van der Waals surface area (Å²) in [5.74, 6) is -0.471. The Morgan fingerprint density at radius 1 is 1.17 bits per heavy atom. The molecule has 0 radical (unpaired) electrons. The van der Waals surface area contributed by atoms with Crippen LogP contribution in [0.5, 0.6) is 0 Å². The van der Waals surface area contributed by atoms with Gasteiger partial charge in [0.25, 0.3) is 5.91 Å². The molecular weight excluding hydrogens is 381 g/mol. The lowest BCUT2D eigenvalue weighted by atomic mass is 9.70. The van der Waals surface area contributed by atoms with E-state index in [1.807, 2.05) is 30.9 Å². The van der Waals surface area contributed by atoms with Crippen LogP contribution in [0.3, 0.4) is 0 Å². The van der Waals surface area contributed by atoms with E-state index in [4.69, 9.17) is 0 Å². The Hall–Kier alpha value is -2.76. The minimum Gasteiger partial charge on any atom is -0.340 e. The van der Waals surface area contributed by atoms with Gasteiger partial charge in [-0.1, -0.05) is 45.9 Å². The molecule has 0 bridgehead atoms. The SMILES string of the molecule is CC(C)[C@@H](NC(=O)c1ccccn1)C(=O)N1CCC(c2ccc(F)cc2)C(C)(C)C1. The molecule has 30 heavy (non-hydrogen) atoms. The number of pyridine rings is 1. The van der Waals surface area contributed by atoms with E-state index in [0.717, 1.165) is 12.0 Å². The van der Waals surface area contributed by atoms with E-state index in [9.17, 15) is 14.0 Å². The monoisotopic (exact) mass is 411 g/mol. The van der Waals surface area contributed by atoms with Crippen molar-refractivity contribution in [3.05, 3.63) is 65.7 Å². The van der Waals surface area contributed by atoms with E-state index in [-0.39, 0.29) is 34.9 Å². The molecule has 1 aromatic heterocycles. The Morgan fingerprint density at radius 2 is 1.87 bits per heavy atom.